The normalized spacial score (nSPS) is 34.1. The second-order valence-corrected chi connectivity index (χ2v) is 7.09. The average Bonchev–Trinajstić information content (AvgIpc) is 2.54. The van der Waals surface area contributed by atoms with Crippen molar-refractivity contribution in [1.82, 2.24) is 0 Å². The van der Waals surface area contributed by atoms with Crippen LogP contribution in [0.15, 0.2) is 24.8 Å². The van der Waals surface area contributed by atoms with Crippen LogP contribution in [-0.2, 0) is 4.74 Å². The van der Waals surface area contributed by atoms with E-state index in [1.807, 2.05) is 0 Å². The topological polar surface area (TPSA) is 9.23 Å². The standard InChI is InChI=1S/C20H34O/c1-3-5-7-17-8-10-18(11-9-17)19-12-14-20(15-13-19)21-16-6-4-2/h3-4,6,17-20H,1,5,7-16H2,2H3/t17-,18-,19-,20-. The molecule has 0 heterocycles. The lowest BCUT2D eigenvalue weighted by Crippen LogP contribution is -2.28. The molecular formula is C20H34O. The van der Waals surface area contributed by atoms with Crippen molar-refractivity contribution >= 4 is 0 Å². The largest absolute Gasteiger partial charge is 0.374 e. The first-order valence-electron chi connectivity index (χ1n) is 9.17. The molecule has 0 aromatic heterocycles. The Morgan fingerprint density at radius 1 is 0.952 bits per heavy atom. The number of hydrogen-bond acceptors (Lipinski definition) is 1. The Morgan fingerprint density at radius 3 is 2.14 bits per heavy atom. The van der Waals surface area contributed by atoms with Gasteiger partial charge in [-0.2, -0.15) is 0 Å². The number of rotatable bonds is 7. The minimum absolute atomic E-state index is 0.529. The van der Waals surface area contributed by atoms with Gasteiger partial charge in [0.15, 0.2) is 0 Å². The van der Waals surface area contributed by atoms with Crippen LogP contribution in [0.3, 0.4) is 0 Å². The first kappa shape index (κ1) is 16.8. The van der Waals surface area contributed by atoms with Crippen molar-refractivity contribution in [3.8, 4) is 0 Å². The molecule has 0 bridgehead atoms. The van der Waals surface area contributed by atoms with Gasteiger partial charge in [0.2, 0.25) is 0 Å². The third kappa shape index (κ3) is 5.62. The highest BCUT2D eigenvalue weighted by Crippen LogP contribution is 2.41. The number of ether oxygens (including phenoxy) is 1. The lowest BCUT2D eigenvalue weighted by molar-refractivity contribution is 0.0210. The van der Waals surface area contributed by atoms with E-state index >= 15 is 0 Å². The van der Waals surface area contributed by atoms with Crippen molar-refractivity contribution in [2.75, 3.05) is 6.61 Å². The fraction of sp³-hybridized carbons (Fsp3) is 0.800. The molecule has 1 nitrogen and oxygen atoms in total. The van der Waals surface area contributed by atoms with E-state index in [-0.39, 0.29) is 0 Å². The van der Waals surface area contributed by atoms with Crippen LogP contribution in [0.5, 0.6) is 0 Å². The second kappa shape index (κ2) is 9.46. The summed E-state index contributed by atoms with van der Waals surface area (Å²) < 4.78 is 5.92. The zero-order valence-corrected chi connectivity index (χ0v) is 13.9. The van der Waals surface area contributed by atoms with Crippen molar-refractivity contribution in [2.24, 2.45) is 17.8 Å². The lowest BCUT2D eigenvalue weighted by atomic mass is 9.70. The zero-order valence-electron chi connectivity index (χ0n) is 13.9. The molecule has 2 rings (SSSR count). The Hall–Kier alpha value is -0.560. The highest BCUT2D eigenvalue weighted by atomic mass is 16.5. The van der Waals surface area contributed by atoms with Gasteiger partial charge in [0.1, 0.15) is 0 Å². The molecule has 0 amide bonds. The van der Waals surface area contributed by atoms with Gasteiger partial charge in [0.05, 0.1) is 12.7 Å². The zero-order chi connectivity index (χ0) is 14.9. The summed E-state index contributed by atoms with van der Waals surface area (Å²) in [5, 5.41) is 0. The van der Waals surface area contributed by atoms with Gasteiger partial charge in [0.25, 0.3) is 0 Å². The third-order valence-corrected chi connectivity index (χ3v) is 5.72. The first-order valence-corrected chi connectivity index (χ1v) is 9.17. The summed E-state index contributed by atoms with van der Waals surface area (Å²) in [6, 6.07) is 0. The van der Waals surface area contributed by atoms with Crippen molar-refractivity contribution in [3.63, 3.8) is 0 Å². The molecule has 0 aromatic rings. The van der Waals surface area contributed by atoms with Gasteiger partial charge in [-0.15, -0.1) is 6.58 Å². The maximum Gasteiger partial charge on any atom is 0.0651 e. The molecule has 0 aliphatic heterocycles. The monoisotopic (exact) mass is 290 g/mol. The van der Waals surface area contributed by atoms with E-state index in [1.54, 1.807) is 0 Å². The molecule has 2 saturated carbocycles. The summed E-state index contributed by atoms with van der Waals surface area (Å²) in [6.07, 6.45) is 20.7. The minimum Gasteiger partial charge on any atom is -0.374 e. The van der Waals surface area contributed by atoms with Crippen molar-refractivity contribution in [2.45, 2.75) is 77.2 Å². The molecule has 2 aliphatic rings. The summed E-state index contributed by atoms with van der Waals surface area (Å²) in [5.74, 6) is 2.99. The van der Waals surface area contributed by atoms with Crippen LogP contribution in [0, 0.1) is 17.8 Å². The SMILES string of the molecule is C=CCC[C@H]1CC[C@H]([C@H]2CC[C@H](OCC=CC)CC2)CC1. The first-order chi connectivity index (χ1) is 10.3. The quantitative estimate of drug-likeness (QED) is 0.529. The van der Waals surface area contributed by atoms with E-state index in [2.05, 4.69) is 31.7 Å². The van der Waals surface area contributed by atoms with Crippen LogP contribution in [0.1, 0.15) is 71.1 Å². The Balaban J connectivity index is 1.63. The van der Waals surface area contributed by atoms with Crippen LogP contribution in [-0.4, -0.2) is 12.7 Å². The molecule has 1 heteroatoms. The molecule has 2 fully saturated rings. The van der Waals surface area contributed by atoms with Crippen LogP contribution < -0.4 is 0 Å². The van der Waals surface area contributed by atoms with E-state index < -0.39 is 0 Å². The van der Waals surface area contributed by atoms with Gasteiger partial charge in [-0.05, 0) is 76.0 Å². The van der Waals surface area contributed by atoms with Crippen LogP contribution in [0.25, 0.3) is 0 Å². The fourth-order valence-electron chi connectivity index (χ4n) is 4.32. The molecule has 0 aromatic carbocycles. The molecule has 0 radical (unpaired) electrons. The predicted octanol–water partition coefficient (Wildman–Crippen LogP) is 5.91. The van der Waals surface area contributed by atoms with Gasteiger partial charge in [-0.1, -0.05) is 31.1 Å². The maximum atomic E-state index is 5.92. The van der Waals surface area contributed by atoms with E-state index in [9.17, 15) is 0 Å². The molecule has 21 heavy (non-hydrogen) atoms. The van der Waals surface area contributed by atoms with Gasteiger partial charge in [-0.3, -0.25) is 0 Å². The number of allylic oxidation sites excluding steroid dienone is 2. The summed E-state index contributed by atoms with van der Waals surface area (Å²) >= 11 is 0. The lowest BCUT2D eigenvalue weighted by Gasteiger charge is -2.37. The fourth-order valence-corrected chi connectivity index (χ4v) is 4.32. The van der Waals surface area contributed by atoms with Crippen LogP contribution >= 0.6 is 0 Å². The Morgan fingerprint density at radius 2 is 1.57 bits per heavy atom. The molecular weight excluding hydrogens is 256 g/mol. The van der Waals surface area contributed by atoms with Crippen LogP contribution in [0.2, 0.25) is 0 Å². The Kier molecular flexibility index (Phi) is 7.57. The smallest absolute Gasteiger partial charge is 0.0651 e. The summed E-state index contributed by atoms with van der Waals surface area (Å²) in [6.45, 7) is 6.72. The van der Waals surface area contributed by atoms with Crippen molar-refractivity contribution in [1.29, 1.82) is 0 Å². The second-order valence-electron chi connectivity index (χ2n) is 7.09. The van der Waals surface area contributed by atoms with E-state index in [4.69, 9.17) is 4.74 Å². The number of hydrogen-bond donors (Lipinski definition) is 0. The van der Waals surface area contributed by atoms with Crippen molar-refractivity contribution < 1.29 is 4.74 Å². The molecule has 0 unspecified atom stereocenters. The minimum atomic E-state index is 0.529. The Labute approximate surface area is 131 Å². The summed E-state index contributed by atoms with van der Waals surface area (Å²) in [5.41, 5.74) is 0. The molecule has 0 spiro atoms. The van der Waals surface area contributed by atoms with E-state index in [1.165, 1.54) is 64.2 Å². The summed E-state index contributed by atoms with van der Waals surface area (Å²) in [4.78, 5) is 0. The molecule has 120 valence electrons. The summed E-state index contributed by atoms with van der Waals surface area (Å²) in [7, 11) is 0. The third-order valence-electron chi connectivity index (χ3n) is 5.72. The molecule has 0 N–H and O–H groups in total. The van der Waals surface area contributed by atoms with E-state index in [0.29, 0.717) is 6.10 Å². The average molecular weight is 290 g/mol. The highest BCUT2D eigenvalue weighted by Gasteiger charge is 2.30. The Bertz CT molecular complexity index is 304. The predicted molar refractivity (Wildman–Crippen MR) is 91.4 cm³/mol. The molecule has 0 saturated heterocycles. The van der Waals surface area contributed by atoms with Gasteiger partial charge < -0.3 is 4.74 Å². The van der Waals surface area contributed by atoms with Crippen LogP contribution in [0.4, 0.5) is 0 Å². The van der Waals surface area contributed by atoms with Gasteiger partial charge in [0, 0.05) is 0 Å². The van der Waals surface area contributed by atoms with Crippen molar-refractivity contribution in [3.05, 3.63) is 24.8 Å². The van der Waals surface area contributed by atoms with E-state index in [0.717, 1.165) is 24.4 Å². The molecule has 0 atom stereocenters. The van der Waals surface area contributed by atoms with Gasteiger partial charge >= 0.3 is 0 Å². The maximum absolute atomic E-state index is 5.92. The highest BCUT2D eigenvalue weighted by molar-refractivity contribution is 4.84. The van der Waals surface area contributed by atoms with Gasteiger partial charge in [-0.25, -0.2) is 0 Å². The molecule has 2 aliphatic carbocycles.